The second-order valence-electron chi connectivity index (χ2n) is 6.21. The van der Waals surface area contributed by atoms with Gasteiger partial charge >= 0.3 is 0 Å². The van der Waals surface area contributed by atoms with Crippen molar-refractivity contribution in [2.24, 2.45) is 5.92 Å². The largest absolute Gasteiger partial charge is 0.380 e. The van der Waals surface area contributed by atoms with Crippen molar-refractivity contribution >= 4 is 0 Å². The van der Waals surface area contributed by atoms with Gasteiger partial charge in [-0.15, -0.1) is 0 Å². The van der Waals surface area contributed by atoms with Gasteiger partial charge in [-0.3, -0.25) is 4.90 Å². The van der Waals surface area contributed by atoms with Gasteiger partial charge in [0.2, 0.25) is 0 Å². The van der Waals surface area contributed by atoms with Gasteiger partial charge in [0.15, 0.2) is 0 Å². The van der Waals surface area contributed by atoms with Crippen molar-refractivity contribution in [1.82, 2.24) is 10.2 Å². The van der Waals surface area contributed by atoms with E-state index in [0.717, 1.165) is 19.8 Å². The lowest BCUT2D eigenvalue weighted by Gasteiger charge is -2.49. The van der Waals surface area contributed by atoms with E-state index >= 15 is 0 Å². The normalized spacial score (nSPS) is 35.8. The van der Waals surface area contributed by atoms with Gasteiger partial charge in [-0.1, -0.05) is 13.8 Å². The minimum atomic E-state index is 0.268. The molecule has 2 heterocycles. The maximum Gasteiger partial charge on any atom is 0.0622 e. The summed E-state index contributed by atoms with van der Waals surface area (Å²) in [5.74, 6) is 0.709. The molecule has 0 amide bonds. The Balaban J connectivity index is 2.05. The van der Waals surface area contributed by atoms with E-state index in [4.69, 9.17) is 4.74 Å². The summed E-state index contributed by atoms with van der Waals surface area (Å²) in [5.41, 5.74) is 0.268. The molecular formula is C13H26N2O. The fourth-order valence-electron chi connectivity index (χ4n) is 2.86. The van der Waals surface area contributed by atoms with Crippen LogP contribution in [-0.2, 0) is 4.74 Å². The topological polar surface area (TPSA) is 24.5 Å². The molecule has 2 fully saturated rings. The van der Waals surface area contributed by atoms with E-state index in [1.165, 1.54) is 13.0 Å². The number of nitrogens with one attached hydrogen (secondary N) is 1. The molecule has 0 aromatic carbocycles. The Bertz CT molecular complexity index is 234. The second-order valence-corrected chi connectivity index (χ2v) is 6.21. The third-order valence-corrected chi connectivity index (χ3v) is 4.12. The van der Waals surface area contributed by atoms with Gasteiger partial charge < -0.3 is 10.1 Å². The van der Waals surface area contributed by atoms with Crippen molar-refractivity contribution in [3.63, 3.8) is 0 Å². The highest BCUT2D eigenvalue weighted by Gasteiger charge is 2.39. The van der Waals surface area contributed by atoms with E-state index in [9.17, 15) is 0 Å². The van der Waals surface area contributed by atoms with E-state index in [-0.39, 0.29) is 5.54 Å². The Morgan fingerprint density at radius 1 is 1.38 bits per heavy atom. The van der Waals surface area contributed by atoms with Crippen LogP contribution in [0.25, 0.3) is 0 Å². The van der Waals surface area contributed by atoms with Gasteiger partial charge in [0, 0.05) is 37.3 Å². The Kier molecular flexibility index (Phi) is 3.57. The zero-order chi connectivity index (χ0) is 11.8. The number of nitrogens with zero attached hydrogens (tertiary/aromatic N) is 1. The lowest BCUT2D eigenvalue weighted by Crippen LogP contribution is -2.65. The molecule has 3 heteroatoms. The fraction of sp³-hybridized carbons (Fsp3) is 1.00. The molecular weight excluding hydrogens is 200 g/mol. The summed E-state index contributed by atoms with van der Waals surface area (Å²) in [6.45, 7) is 13.4. The number of hydrogen-bond acceptors (Lipinski definition) is 3. The monoisotopic (exact) mass is 226 g/mol. The van der Waals surface area contributed by atoms with Gasteiger partial charge in [0.05, 0.1) is 6.61 Å². The quantitative estimate of drug-likeness (QED) is 0.772. The molecule has 16 heavy (non-hydrogen) atoms. The maximum absolute atomic E-state index is 5.54. The molecule has 2 atom stereocenters. The van der Waals surface area contributed by atoms with Crippen LogP contribution in [0.3, 0.4) is 0 Å². The molecule has 2 aliphatic rings. The zero-order valence-corrected chi connectivity index (χ0v) is 11.1. The van der Waals surface area contributed by atoms with Gasteiger partial charge in [-0.2, -0.15) is 0 Å². The van der Waals surface area contributed by atoms with Gasteiger partial charge in [0.1, 0.15) is 0 Å². The molecule has 94 valence electrons. The predicted octanol–water partition coefficient (Wildman–Crippen LogP) is 1.48. The molecule has 0 radical (unpaired) electrons. The summed E-state index contributed by atoms with van der Waals surface area (Å²) >= 11 is 0. The van der Waals surface area contributed by atoms with E-state index < -0.39 is 0 Å². The molecule has 2 unspecified atom stereocenters. The zero-order valence-electron chi connectivity index (χ0n) is 11.1. The first kappa shape index (κ1) is 12.3. The van der Waals surface area contributed by atoms with Crippen molar-refractivity contribution in [3.05, 3.63) is 0 Å². The van der Waals surface area contributed by atoms with Crippen LogP contribution < -0.4 is 5.32 Å². The Morgan fingerprint density at radius 2 is 2.12 bits per heavy atom. The maximum atomic E-state index is 5.54. The summed E-state index contributed by atoms with van der Waals surface area (Å²) < 4.78 is 5.54. The van der Waals surface area contributed by atoms with E-state index in [2.05, 4.69) is 37.9 Å². The summed E-state index contributed by atoms with van der Waals surface area (Å²) in [7, 11) is 0. The third kappa shape index (κ3) is 2.41. The molecule has 0 aliphatic carbocycles. The molecule has 0 spiro atoms. The van der Waals surface area contributed by atoms with Gasteiger partial charge in [-0.25, -0.2) is 0 Å². The molecule has 0 aromatic heterocycles. The Labute approximate surface area is 99.5 Å². The van der Waals surface area contributed by atoms with Crippen LogP contribution in [0.1, 0.15) is 34.1 Å². The minimum Gasteiger partial charge on any atom is -0.380 e. The van der Waals surface area contributed by atoms with E-state index in [1.54, 1.807) is 0 Å². The Hall–Kier alpha value is -0.120. The van der Waals surface area contributed by atoms with Crippen molar-refractivity contribution < 1.29 is 4.74 Å². The molecule has 2 aliphatic heterocycles. The highest BCUT2D eigenvalue weighted by molar-refractivity contribution is 4.97. The highest BCUT2D eigenvalue weighted by Crippen LogP contribution is 2.27. The molecule has 2 rings (SSSR count). The smallest absolute Gasteiger partial charge is 0.0622 e. The van der Waals surface area contributed by atoms with Crippen molar-refractivity contribution in [2.75, 3.05) is 26.3 Å². The minimum absolute atomic E-state index is 0.268. The standard InChI is InChI=1S/C13H26N2O/c1-10(2)12-7-15(11-5-6-16-8-11)13(3,4)9-14-12/h10-12,14H,5-9H2,1-4H3. The number of ether oxygens (including phenoxy) is 1. The lowest BCUT2D eigenvalue weighted by atomic mass is 9.91. The van der Waals surface area contributed by atoms with Gasteiger partial charge in [0.25, 0.3) is 0 Å². The molecule has 2 saturated heterocycles. The lowest BCUT2D eigenvalue weighted by molar-refractivity contribution is 0.0118. The van der Waals surface area contributed by atoms with Crippen LogP contribution >= 0.6 is 0 Å². The van der Waals surface area contributed by atoms with Crippen LogP contribution in [-0.4, -0.2) is 48.8 Å². The number of piperazine rings is 1. The van der Waals surface area contributed by atoms with Crippen molar-refractivity contribution in [1.29, 1.82) is 0 Å². The van der Waals surface area contributed by atoms with Gasteiger partial charge in [-0.05, 0) is 26.2 Å². The van der Waals surface area contributed by atoms with Crippen LogP contribution in [0.4, 0.5) is 0 Å². The fourth-order valence-corrected chi connectivity index (χ4v) is 2.86. The molecule has 3 nitrogen and oxygen atoms in total. The SMILES string of the molecule is CC(C)C1CN(C2CCOC2)C(C)(C)CN1. The van der Waals surface area contributed by atoms with Crippen LogP contribution in [0.15, 0.2) is 0 Å². The summed E-state index contributed by atoms with van der Waals surface area (Å²) in [6, 6.07) is 1.27. The first-order chi connectivity index (χ1) is 7.50. The third-order valence-electron chi connectivity index (χ3n) is 4.12. The predicted molar refractivity (Wildman–Crippen MR) is 66.6 cm³/mol. The molecule has 0 saturated carbocycles. The summed E-state index contributed by atoms with van der Waals surface area (Å²) in [5, 5.41) is 3.68. The Morgan fingerprint density at radius 3 is 2.69 bits per heavy atom. The number of hydrogen-bond donors (Lipinski definition) is 1. The first-order valence-corrected chi connectivity index (χ1v) is 6.58. The van der Waals surface area contributed by atoms with Crippen molar-refractivity contribution in [3.8, 4) is 0 Å². The second kappa shape index (κ2) is 4.63. The average molecular weight is 226 g/mol. The van der Waals surface area contributed by atoms with E-state index in [0.29, 0.717) is 18.0 Å². The summed E-state index contributed by atoms with van der Waals surface area (Å²) in [4.78, 5) is 2.67. The molecule has 0 aromatic rings. The summed E-state index contributed by atoms with van der Waals surface area (Å²) in [6.07, 6.45) is 1.20. The van der Waals surface area contributed by atoms with E-state index in [1.807, 2.05) is 0 Å². The van der Waals surface area contributed by atoms with Crippen LogP contribution in [0.2, 0.25) is 0 Å². The molecule has 1 N–H and O–H groups in total. The molecule has 0 bridgehead atoms. The average Bonchev–Trinajstić information content (AvgIpc) is 2.69. The van der Waals surface area contributed by atoms with Crippen molar-refractivity contribution in [2.45, 2.75) is 51.7 Å². The van der Waals surface area contributed by atoms with Crippen LogP contribution in [0, 0.1) is 5.92 Å². The first-order valence-electron chi connectivity index (χ1n) is 6.58. The van der Waals surface area contributed by atoms with Crippen LogP contribution in [0.5, 0.6) is 0 Å². The highest BCUT2D eigenvalue weighted by atomic mass is 16.5. The number of rotatable bonds is 2.